The van der Waals surface area contributed by atoms with E-state index in [-0.39, 0.29) is 5.50 Å². The van der Waals surface area contributed by atoms with Crippen molar-refractivity contribution in [2.45, 2.75) is 0 Å². The van der Waals surface area contributed by atoms with Crippen molar-refractivity contribution in [3.05, 3.63) is 40.8 Å². The van der Waals surface area contributed by atoms with E-state index in [0.29, 0.717) is 10.8 Å². The van der Waals surface area contributed by atoms with Gasteiger partial charge < -0.3 is 9.31 Å². The van der Waals surface area contributed by atoms with Gasteiger partial charge >= 0.3 is 19.2 Å². The zero-order valence-corrected chi connectivity index (χ0v) is 7.86. The second-order valence-electron chi connectivity index (χ2n) is 2.72. The summed E-state index contributed by atoms with van der Waals surface area (Å²) in [6, 6.07) is 8.00. The number of benzene rings is 1. The summed E-state index contributed by atoms with van der Waals surface area (Å²) in [7, 11) is -2.85. The molecule has 0 radical (unpaired) electrons. The molecule has 0 saturated carbocycles. The number of hydrogen-bond donors (Lipinski definition) is 0. The SMILES string of the molecule is O=c1oc([P+](=O)[O-])cc2ccccc12. The highest BCUT2D eigenvalue weighted by molar-refractivity contribution is 7.45. The van der Waals surface area contributed by atoms with E-state index in [1.54, 1.807) is 24.3 Å². The Morgan fingerprint density at radius 1 is 1.29 bits per heavy atom. The normalized spacial score (nSPS) is 11.6. The van der Waals surface area contributed by atoms with Gasteiger partial charge in [0, 0.05) is 6.07 Å². The van der Waals surface area contributed by atoms with Crippen molar-refractivity contribution in [3.8, 4) is 0 Å². The summed E-state index contributed by atoms with van der Waals surface area (Å²) in [4.78, 5) is 21.9. The quantitative estimate of drug-likeness (QED) is 0.640. The van der Waals surface area contributed by atoms with Crippen LogP contribution in [0.1, 0.15) is 0 Å². The Hall–Kier alpha value is -1.51. The minimum Gasteiger partial charge on any atom is -0.588 e. The molecule has 0 aliphatic carbocycles. The average molecular weight is 208 g/mol. The molecule has 0 aliphatic rings. The van der Waals surface area contributed by atoms with E-state index >= 15 is 0 Å². The van der Waals surface area contributed by atoms with E-state index in [1.807, 2.05) is 0 Å². The molecular weight excluding hydrogens is 203 g/mol. The summed E-state index contributed by atoms with van der Waals surface area (Å²) in [6.45, 7) is 0. The van der Waals surface area contributed by atoms with Gasteiger partial charge in [-0.3, -0.25) is 0 Å². The highest BCUT2D eigenvalue weighted by Gasteiger charge is 2.13. The van der Waals surface area contributed by atoms with Crippen LogP contribution in [0.3, 0.4) is 0 Å². The highest BCUT2D eigenvalue weighted by Crippen LogP contribution is 2.12. The maximum atomic E-state index is 11.3. The number of hydrogen-bond acceptors (Lipinski definition) is 4. The molecule has 70 valence electrons. The molecule has 0 N–H and O–H groups in total. The predicted molar refractivity (Wildman–Crippen MR) is 49.7 cm³/mol. The molecule has 0 saturated heterocycles. The first-order valence-electron chi connectivity index (χ1n) is 3.86. The van der Waals surface area contributed by atoms with Crippen LogP contribution in [0.5, 0.6) is 0 Å². The van der Waals surface area contributed by atoms with Gasteiger partial charge in [0.15, 0.2) is 0 Å². The van der Waals surface area contributed by atoms with Crippen LogP contribution in [-0.2, 0) is 4.57 Å². The summed E-state index contributed by atoms with van der Waals surface area (Å²) in [5, 5.41) is 0.950. The Bertz CT molecular complexity index is 558. The standard InChI is InChI=1S/C9H5O4P/c10-9-7-4-2-1-3-6(7)5-8(13-9)14(11)12/h1-5H. The lowest BCUT2D eigenvalue weighted by Crippen LogP contribution is -2.12. The molecule has 2 aromatic rings. The third kappa shape index (κ3) is 1.45. The van der Waals surface area contributed by atoms with Crippen LogP contribution in [0.4, 0.5) is 0 Å². The van der Waals surface area contributed by atoms with Crippen molar-refractivity contribution in [1.82, 2.24) is 0 Å². The van der Waals surface area contributed by atoms with Gasteiger partial charge in [-0.15, -0.1) is 0 Å². The Morgan fingerprint density at radius 2 is 2.00 bits per heavy atom. The zero-order valence-electron chi connectivity index (χ0n) is 6.97. The lowest BCUT2D eigenvalue weighted by atomic mass is 10.2. The molecule has 4 nitrogen and oxygen atoms in total. The van der Waals surface area contributed by atoms with Gasteiger partial charge in [0.2, 0.25) is 0 Å². The molecule has 0 aliphatic heterocycles. The van der Waals surface area contributed by atoms with Crippen LogP contribution in [0, 0.1) is 0 Å². The van der Waals surface area contributed by atoms with Crippen molar-refractivity contribution >= 4 is 24.3 Å². The molecule has 1 atom stereocenters. The highest BCUT2D eigenvalue weighted by atomic mass is 31.1. The Balaban J connectivity index is 2.86. The third-order valence-electron chi connectivity index (χ3n) is 1.84. The zero-order chi connectivity index (χ0) is 10.1. The average Bonchev–Trinajstić information content (AvgIpc) is 2.17. The van der Waals surface area contributed by atoms with Gasteiger partial charge in [-0.05, 0) is 11.5 Å². The first-order valence-corrected chi connectivity index (χ1v) is 5.03. The summed E-state index contributed by atoms with van der Waals surface area (Å²) < 4.78 is 15.2. The first kappa shape index (κ1) is 9.06. The summed E-state index contributed by atoms with van der Waals surface area (Å²) in [5.74, 6) is 0. The van der Waals surface area contributed by atoms with Crippen LogP contribution >= 0.6 is 8.03 Å². The van der Waals surface area contributed by atoms with Gasteiger partial charge in [-0.1, -0.05) is 22.8 Å². The van der Waals surface area contributed by atoms with Crippen LogP contribution in [0.25, 0.3) is 10.8 Å². The van der Waals surface area contributed by atoms with Crippen molar-refractivity contribution in [2.24, 2.45) is 0 Å². The summed E-state index contributed by atoms with van der Waals surface area (Å²) in [6.07, 6.45) is 0. The fourth-order valence-corrected chi connectivity index (χ4v) is 1.61. The van der Waals surface area contributed by atoms with Gasteiger partial charge in [-0.25, -0.2) is 4.79 Å². The lowest BCUT2D eigenvalue weighted by Gasteiger charge is -1.94. The van der Waals surface area contributed by atoms with E-state index in [2.05, 4.69) is 4.42 Å². The monoisotopic (exact) mass is 208 g/mol. The second-order valence-corrected chi connectivity index (χ2v) is 3.67. The molecule has 2 rings (SSSR count). The lowest BCUT2D eigenvalue weighted by molar-refractivity contribution is -0.161. The molecule has 14 heavy (non-hydrogen) atoms. The minimum atomic E-state index is -2.85. The maximum absolute atomic E-state index is 11.3. The molecule has 0 amide bonds. The van der Waals surface area contributed by atoms with Gasteiger partial charge in [0.05, 0.1) is 5.39 Å². The van der Waals surface area contributed by atoms with E-state index in [0.717, 1.165) is 0 Å². The fourth-order valence-electron chi connectivity index (χ4n) is 1.21. The minimum absolute atomic E-state index is 0.302. The Morgan fingerprint density at radius 3 is 2.71 bits per heavy atom. The molecule has 1 aromatic carbocycles. The largest absolute Gasteiger partial charge is 0.588 e. The van der Waals surface area contributed by atoms with Crippen LogP contribution in [-0.4, -0.2) is 0 Å². The smallest absolute Gasteiger partial charge is 0.388 e. The molecule has 1 heterocycles. The van der Waals surface area contributed by atoms with Gasteiger partial charge in [0.25, 0.3) is 0 Å². The number of fused-ring (bicyclic) bond motifs is 1. The second kappa shape index (κ2) is 3.33. The molecule has 1 aromatic heterocycles. The van der Waals surface area contributed by atoms with Gasteiger partial charge in [0.1, 0.15) is 0 Å². The van der Waals surface area contributed by atoms with Crippen LogP contribution in [0.2, 0.25) is 0 Å². The third-order valence-corrected chi connectivity index (χ3v) is 2.42. The van der Waals surface area contributed by atoms with Crippen molar-refractivity contribution < 1.29 is 13.9 Å². The van der Waals surface area contributed by atoms with E-state index < -0.39 is 13.7 Å². The molecule has 1 unspecified atom stereocenters. The van der Waals surface area contributed by atoms with Crippen LogP contribution < -0.4 is 16.0 Å². The van der Waals surface area contributed by atoms with Crippen molar-refractivity contribution in [1.29, 1.82) is 0 Å². The molecule has 0 spiro atoms. The van der Waals surface area contributed by atoms with Crippen molar-refractivity contribution in [3.63, 3.8) is 0 Å². The topological polar surface area (TPSA) is 70.3 Å². The predicted octanol–water partition coefficient (Wildman–Crippen LogP) is 0.521. The van der Waals surface area contributed by atoms with E-state index in [4.69, 9.17) is 0 Å². The maximum Gasteiger partial charge on any atom is 0.388 e. The molecule has 0 bridgehead atoms. The molecule has 5 heteroatoms. The van der Waals surface area contributed by atoms with E-state index in [1.165, 1.54) is 6.07 Å². The fraction of sp³-hybridized carbons (Fsp3) is 0. The molecule has 0 fully saturated rings. The Kier molecular flexibility index (Phi) is 2.15. The number of rotatable bonds is 1. The first-order chi connectivity index (χ1) is 6.68. The van der Waals surface area contributed by atoms with Crippen molar-refractivity contribution in [2.75, 3.05) is 0 Å². The molecular formula is C9H5O4P. The Labute approximate surface area is 79.7 Å². The summed E-state index contributed by atoms with van der Waals surface area (Å²) >= 11 is 0. The summed E-state index contributed by atoms with van der Waals surface area (Å²) in [5.41, 5.74) is -0.930. The van der Waals surface area contributed by atoms with Crippen LogP contribution in [0.15, 0.2) is 39.5 Å². The van der Waals surface area contributed by atoms with Gasteiger partial charge in [-0.2, -0.15) is 0 Å². The van der Waals surface area contributed by atoms with E-state index in [9.17, 15) is 14.3 Å².